The molecule has 11 nitrogen and oxygen atoms in total. The van der Waals surface area contributed by atoms with E-state index in [4.69, 9.17) is 0 Å². The molecule has 0 spiro atoms. The molecule has 0 aliphatic rings. The van der Waals surface area contributed by atoms with Gasteiger partial charge in [0, 0.05) is 46.8 Å². The van der Waals surface area contributed by atoms with Crippen LogP contribution in [0.2, 0.25) is 0 Å². The number of hydrogen-bond donors (Lipinski definition) is 3. The monoisotopic (exact) mass is 422 g/mol. The molecule has 0 bridgehead atoms. The number of amides is 2. The number of rotatable bonds is 6. The molecule has 0 radical (unpaired) electrons. The van der Waals surface area contributed by atoms with Crippen LogP contribution < -0.4 is 10.6 Å². The average Bonchev–Trinajstić information content (AvgIpc) is 2.74. The van der Waals surface area contributed by atoms with Gasteiger partial charge in [-0.25, -0.2) is 0 Å². The zero-order valence-electron chi connectivity index (χ0n) is 15.6. The Labute approximate surface area is 174 Å². The Morgan fingerprint density at radius 3 is 1.35 bits per heavy atom. The lowest BCUT2D eigenvalue weighted by Crippen LogP contribution is -2.15. The zero-order valence-corrected chi connectivity index (χ0v) is 15.6. The predicted molar refractivity (Wildman–Crippen MR) is 110 cm³/mol. The van der Waals surface area contributed by atoms with Crippen molar-refractivity contribution in [2.75, 3.05) is 10.6 Å². The van der Waals surface area contributed by atoms with Gasteiger partial charge in [-0.05, 0) is 42.5 Å². The van der Waals surface area contributed by atoms with Crippen molar-refractivity contribution in [1.82, 2.24) is 0 Å². The fourth-order valence-electron chi connectivity index (χ4n) is 2.61. The normalized spacial score (nSPS) is 10.2. The molecule has 156 valence electrons. The molecule has 0 aliphatic carbocycles. The lowest BCUT2D eigenvalue weighted by Gasteiger charge is -2.09. The van der Waals surface area contributed by atoms with Gasteiger partial charge in [0.05, 0.1) is 9.85 Å². The van der Waals surface area contributed by atoms with E-state index in [1.54, 1.807) is 0 Å². The van der Waals surface area contributed by atoms with Gasteiger partial charge in [-0.3, -0.25) is 29.8 Å². The molecule has 2 amide bonds. The SMILES string of the molecule is O=C(Nc1ccc([N+](=O)[O-])cc1)c1cc(O)cc(C(=O)Nc2ccc([N+](=O)[O-])cc2)c1. The second-order valence-corrected chi connectivity index (χ2v) is 6.28. The van der Waals surface area contributed by atoms with E-state index in [1.165, 1.54) is 54.6 Å². The van der Waals surface area contributed by atoms with Crippen LogP contribution in [0.4, 0.5) is 22.7 Å². The molecule has 0 atom stereocenters. The molecule has 0 unspecified atom stereocenters. The maximum Gasteiger partial charge on any atom is 0.269 e. The summed E-state index contributed by atoms with van der Waals surface area (Å²) in [7, 11) is 0. The molecule has 0 saturated heterocycles. The van der Waals surface area contributed by atoms with Crippen molar-refractivity contribution >= 4 is 34.6 Å². The molecular weight excluding hydrogens is 408 g/mol. The molecule has 3 rings (SSSR count). The number of non-ortho nitro benzene ring substituents is 2. The molecule has 11 heteroatoms. The zero-order chi connectivity index (χ0) is 22.5. The smallest absolute Gasteiger partial charge is 0.269 e. The number of carbonyl (C=O) groups is 2. The molecule has 0 heterocycles. The molecule has 3 aromatic rings. The van der Waals surface area contributed by atoms with E-state index < -0.39 is 21.7 Å². The summed E-state index contributed by atoms with van der Waals surface area (Å²) in [5.41, 5.74) is 0.257. The second-order valence-electron chi connectivity index (χ2n) is 6.28. The predicted octanol–water partition coefficient (Wildman–Crippen LogP) is 3.71. The Morgan fingerprint density at radius 1 is 0.677 bits per heavy atom. The fourth-order valence-corrected chi connectivity index (χ4v) is 2.61. The summed E-state index contributed by atoms with van der Waals surface area (Å²) in [5.74, 6) is -1.62. The first-order valence-electron chi connectivity index (χ1n) is 8.68. The molecule has 0 saturated carbocycles. The molecule has 3 aromatic carbocycles. The van der Waals surface area contributed by atoms with E-state index >= 15 is 0 Å². The molecule has 0 aromatic heterocycles. The van der Waals surface area contributed by atoms with Gasteiger partial charge < -0.3 is 15.7 Å². The van der Waals surface area contributed by atoms with Crippen molar-refractivity contribution in [2.45, 2.75) is 0 Å². The second kappa shape index (κ2) is 8.69. The van der Waals surface area contributed by atoms with Crippen molar-refractivity contribution < 1.29 is 24.5 Å². The Kier molecular flexibility index (Phi) is 5.87. The number of nitrogens with one attached hydrogen (secondary N) is 2. The third-order valence-electron chi connectivity index (χ3n) is 4.11. The van der Waals surface area contributed by atoms with E-state index in [-0.39, 0.29) is 39.6 Å². The number of aromatic hydroxyl groups is 1. The summed E-state index contributed by atoms with van der Waals surface area (Å²) in [6.45, 7) is 0. The van der Waals surface area contributed by atoms with Gasteiger partial charge in [-0.2, -0.15) is 0 Å². The summed E-state index contributed by atoms with van der Waals surface area (Å²) in [5, 5.41) is 36.3. The summed E-state index contributed by atoms with van der Waals surface area (Å²) >= 11 is 0. The van der Waals surface area contributed by atoms with E-state index in [2.05, 4.69) is 10.6 Å². The number of nitro groups is 2. The number of nitro benzene ring substituents is 2. The van der Waals surface area contributed by atoms with Crippen molar-refractivity contribution in [1.29, 1.82) is 0 Å². The Balaban J connectivity index is 1.75. The van der Waals surface area contributed by atoms with Crippen molar-refractivity contribution in [2.24, 2.45) is 0 Å². The van der Waals surface area contributed by atoms with Crippen LogP contribution in [0.3, 0.4) is 0 Å². The first kappa shape index (κ1) is 20.9. The number of anilines is 2. The van der Waals surface area contributed by atoms with Crippen molar-refractivity contribution in [3.63, 3.8) is 0 Å². The molecule has 0 fully saturated rings. The summed E-state index contributed by atoms with van der Waals surface area (Å²) in [4.78, 5) is 45.2. The molecular formula is C20H14N4O7. The van der Waals surface area contributed by atoms with E-state index in [9.17, 15) is 34.9 Å². The quantitative estimate of drug-likeness (QED) is 0.402. The molecule has 31 heavy (non-hydrogen) atoms. The minimum absolute atomic E-state index is 0.0211. The minimum Gasteiger partial charge on any atom is -0.508 e. The van der Waals surface area contributed by atoms with E-state index in [0.717, 1.165) is 12.1 Å². The number of carbonyl (C=O) groups excluding carboxylic acids is 2. The van der Waals surface area contributed by atoms with Gasteiger partial charge in [0.2, 0.25) is 0 Å². The standard InChI is InChI=1S/C20H14N4O7/c25-18-10-12(19(26)21-14-1-5-16(6-2-14)23(28)29)9-13(11-18)20(27)22-15-3-7-17(8-4-15)24(30)31/h1-11,25H,(H,21,26)(H,22,27). The number of benzene rings is 3. The highest BCUT2D eigenvalue weighted by Gasteiger charge is 2.15. The van der Waals surface area contributed by atoms with E-state index in [0.29, 0.717) is 0 Å². The number of nitrogens with zero attached hydrogens (tertiary/aromatic N) is 2. The Bertz CT molecular complexity index is 1090. The van der Waals surface area contributed by atoms with Crippen LogP contribution in [0.1, 0.15) is 20.7 Å². The van der Waals surface area contributed by atoms with Gasteiger partial charge in [0.15, 0.2) is 0 Å². The highest BCUT2D eigenvalue weighted by Crippen LogP contribution is 2.21. The van der Waals surface area contributed by atoms with Gasteiger partial charge >= 0.3 is 0 Å². The lowest BCUT2D eigenvalue weighted by molar-refractivity contribution is -0.385. The maximum atomic E-state index is 12.5. The topological polar surface area (TPSA) is 165 Å². The number of phenolic OH excluding ortho intramolecular Hbond substituents is 1. The Hall–Kier alpha value is -4.80. The van der Waals surface area contributed by atoms with Crippen LogP contribution in [0.15, 0.2) is 66.7 Å². The molecule has 0 aliphatic heterocycles. The molecule has 3 N–H and O–H groups in total. The summed E-state index contributed by atoms with van der Waals surface area (Å²) < 4.78 is 0. The minimum atomic E-state index is -0.644. The number of hydrogen-bond acceptors (Lipinski definition) is 7. The Morgan fingerprint density at radius 2 is 1.03 bits per heavy atom. The van der Waals surface area contributed by atoms with Crippen LogP contribution in [0.5, 0.6) is 5.75 Å². The van der Waals surface area contributed by atoms with Crippen LogP contribution in [0.25, 0.3) is 0 Å². The average molecular weight is 422 g/mol. The van der Waals surface area contributed by atoms with Gasteiger partial charge in [-0.1, -0.05) is 0 Å². The fraction of sp³-hybridized carbons (Fsp3) is 0. The van der Waals surface area contributed by atoms with Crippen LogP contribution in [-0.2, 0) is 0 Å². The number of phenols is 1. The van der Waals surface area contributed by atoms with E-state index in [1.807, 2.05) is 0 Å². The third-order valence-corrected chi connectivity index (χ3v) is 4.11. The largest absolute Gasteiger partial charge is 0.508 e. The van der Waals surface area contributed by atoms with Crippen LogP contribution in [0, 0.1) is 20.2 Å². The lowest BCUT2D eigenvalue weighted by atomic mass is 10.1. The van der Waals surface area contributed by atoms with Crippen molar-refractivity contribution in [3.8, 4) is 5.75 Å². The third kappa shape index (κ3) is 5.17. The first-order valence-corrected chi connectivity index (χ1v) is 8.68. The summed E-state index contributed by atoms with van der Waals surface area (Å²) in [6.07, 6.45) is 0. The highest BCUT2D eigenvalue weighted by atomic mass is 16.6. The van der Waals surface area contributed by atoms with Gasteiger partial charge in [0.1, 0.15) is 5.75 Å². The van der Waals surface area contributed by atoms with Gasteiger partial charge in [0.25, 0.3) is 23.2 Å². The maximum absolute atomic E-state index is 12.5. The summed E-state index contributed by atoms with van der Waals surface area (Å²) in [6, 6.07) is 13.8. The highest BCUT2D eigenvalue weighted by molar-refractivity contribution is 6.09. The van der Waals surface area contributed by atoms with Crippen LogP contribution >= 0.6 is 0 Å². The van der Waals surface area contributed by atoms with Crippen molar-refractivity contribution in [3.05, 3.63) is 98.1 Å². The van der Waals surface area contributed by atoms with Gasteiger partial charge in [-0.15, -0.1) is 0 Å². The van der Waals surface area contributed by atoms with Crippen LogP contribution in [-0.4, -0.2) is 26.8 Å². The first-order chi connectivity index (χ1) is 14.7.